The van der Waals surface area contributed by atoms with Crippen molar-refractivity contribution in [2.75, 3.05) is 20.8 Å². The first-order valence-electron chi connectivity index (χ1n) is 17.4. The van der Waals surface area contributed by atoms with Crippen LogP contribution in [0.1, 0.15) is 82.0 Å². The summed E-state index contributed by atoms with van der Waals surface area (Å²) in [6.07, 6.45) is 6.31. The molecule has 0 aromatic heterocycles. The Morgan fingerprint density at radius 1 is 0.638 bits per heavy atom. The van der Waals surface area contributed by atoms with E-state index in [1.165, 1.54) is 58.3 Å². The van der Waals surface area contributed by atoms with Gasteiger partial charge in [0.05, 0.1) is 14.2 Å². The van der Waals surface area contributed by atoms with E-state index in [-0.39, 0.29) is 5.91 Å². The lowest BCUT2D eigenvalue weighted by Crippen LogP contribution is -2.36. The minimum Gasteiger partial charge on any atom is -0.496 e. The average molecular weight is 629 g/mol. The molecule has 2 aliphatic carbocycles. The molecule has 2 aliphatic heterocycles. The second kappa shape index (κ2) is 13.6. The van der Waals surface area contributed by atoms with E-state index in [1.54, 1.807) is 12.7 Å². The Kier molecular flexibility index (Phi) is 9.09. The summed E-state index contributed by atoms with van der Waals surface area (Å²) in [4.78, 5) is 17.5. The summed E-state index contributed by atoms with van der Waals surface area (Å²) >= 11 is 0. The van der Waals surface area contributed by atoms with Gasteiger partial charge in [0.25, 0.3) is 0 Å². The van der Waals surface area contributed by atoms with Crippen LogP contribution < -0.4 is 9.47 Å². The van der Waals surface area contributed by atoms with Crippen LogP contribution in [0.3, 0.4) is 0 Å². The number of likely N-dealkylation sites (tertiary alicyclic amines) is 2. The zero-order chi connectivity index (χ0) is 32.5. The number of aryl methyl sites for hydroxylation is 2. The van der Waals surface area contributed by atoms with E-state index in [2.05, 4.69) is 90.4 Å². The molecule has 0 saturated carbocycles. The predicted octanol–water partition coefficient (Wildman–Crippen LogP) is 8.14. The summed E-state index contributed by atoms with van der Waals surface area (Å²) in [7, 11) is 3.56. The zero-order valence-corrected chi connectivity index (χ0v) is 28.4. The van der Waals surface area contributed by atoms with Crippen molar-refractivity contribution >= 4 is 5.91 Å². The molecule has 4 aliphatic rings. The largest absolute Gasteiger partial charge is 0.496 e. The van der Waals surface area contributed by atoms with Crippen molar-refractivity contribution < 1.29 is 14.3 Å². The van der Waals surface area contributed by atoms with Gasteiger partial charge >= 0.3 is 0 Å². The maximum absolute atomic E-state index is 12.7. The van der Waals surface area contributed by atoms with Gasteiger partial charge in [-0.1, -0.05) is 84.9 Å². The van der Waals surface area contributed by atoms with Gasteiger partial charge in [-0.05, 0) is 97.0 Å². The van der Waals surface area contributed by atoms with Gasteiger partial charge in [0, 0.05) is 43.4 Å². The molecule has 4 atom stereocenters. The fraction of sp³-hybridized carbons (Fsp3) is 0.405. The summed E-state index contributed by atoms with van der Waals surface area (Å²) in [5, 5.41) is 0. The molecule has 4 aromatic rings. The van der Waals surface area contributed by atoms with Crippen molar-refractivity contribution in [1.29, 1.82) is 0 Å². The molecule has 2 heterocycles. The van der Waals surface area contributed by atoms with Crippen LogP contribution in [0.5, 0.6) is 11.5 Å². The summed E-state index contributed by atoms with van der Waals surface area (Å²) in [5.74, 6) is 3.40. The van der Waals surface area contributed by atoms with Crippen molar-refractivity contribution in [3.8, 4) is 11.5 Å². The van der Waals surface area contributed by atoms with E-state index in [1.807, 2.05) is 25.3 Å². The van der Waals surface area contributed by atoms with E-state index in [9.17, 15) is 4.79 Å². The SMILES string of the molecule is COc1c(C)ccc2c1CC[C@H]1C2CC(=O)N1Cc1ccccc1.COc1c(C)ccc2c1CC[C@H]1C2CCN1Cc1ccccc1. The number of nitrogens with zero attached hydrogens (tertiary/aromatic N) is 2. The molecule has 0 N–H and O–H groups in total. The minimum atomic E-state index is 0.279. The Balaban J connectivity index is 0.000000150. The summed E-state index contributed by atoms with van der Waals surface area (Å²) in [5.41, 5.74) is 10.7. The highest BCUT2D eigenvalue weighted by Gasteiger charge is 2.44. The number of hydrogen-bond acceptors (Lipinski definition) is 4. The normalized spacial score (nSPS) is 22.8. The van der Waals surface area contributed by atoms with Crippen LogP contribution in [0.15, 0.2) is 84.9 Å². The summed E-state index contributed by atoms with van der Waals surface area (Å²) < 4.78 is 11.3. The summed E-state index contributed by atoms with van der Waals surface area (Å²) in [6, 6.07) is 31.1. The third kappa shape index (κ3) is 6.07. The van der Waals surface area contributed by atoms with Crippen LogP contribution in [0.25, 0.3) is 0 Å². The molecule has 47 heavy (non-hydrogen) atoms. The van der Waals surface area contributed by atoms with Gasteiger partial charge in [-0.2, -0.15) is 0 Å². The fourth-order valence-corrected chi connectivity index (χ4v) is 9.07. The number of carbonyl (C=O) groups excluding carboxylic acids is 1. The summed E-state index contributed by atoms with van der Waals surface area (Å²) in [6.45, 7) is 7.26. The molecular formula is C42H48N2O3. The lowest BCUT2D eigenvalue weighted by Gasteiger charge is -2.34. The first kappa shape index (κ1) is 31.5. The van der Waals surface area contributed by atoms with Crippen LogP contribution >= 0.6 is 0 Å². The van der Waals surface area contributed by atoms with Crippen LogP contribution in [0, 0.1) is 13.8 Å². The van der Waals surface area contributed by atoms with Crippen LogP contribution in [-0.4, -0.2) is 48.6 Å². The zero-order valence-electron chi connectivity index (χ0n) is 28.4. The first-order valence-corrected chi connectivity index (χ1v) is 17.4. The van der Waals surface area contributed by atoms with Gasteiger partial charge in [0.2, 0.25) is 5.91 Å². The second-order valence-electron chi connectivity index (χ2n) is 13.8. The fourth-order valence-electron chi connectivity index (χ4n) is 9.07. The lowest BCUT2D eigenvalue weighted by atomic mass is 9.78. The molecule has 8 rings (SSSR count). The molecular weight excluding hydrogens is 580 g/mol. The van der Waals surface area contributed by atoms with Gasteiger partial charge in [-0.3, -0.25) is 9.69 Å². The number of methoxy groups -OCH3 is 2. The lowest BCUT2D eigenvalue weighted by molar-refractivity contribution is -0.129. The Morgan fingerprint density at radius 3 is 1.74 bits per heavy atom. The third-order valence-electron chi connectivity index (χ3n) is 11.2. The van der Waals surface area contributed by atoms with Gasteiger partial charge < -0.3 is 14.4 Å². The van der Waals surface area contributed by atoms with E-state index < -0.39 is 0 Å². The number of amides is 1. The predicted molar refractivity (Wildman–Crippen MR) is 188 cm³/mol. The quantitative estimate of drug-likeness (QED) is 0.216. The smallest absolute Gasteiger partial charge is 0.223 e. The third-order valence-corrected chi connectivity index (χ3v) is 11.2. The Bertz CT molecular complexity index is 1720. The standard InChI is InChI=1S/C21H23NO2.C21H25NO/c1-14-8-9-16-17(21(14)24-2)10-11-19-18(16)12-20(23)22(19)13-15-6-4-3-5-7-15;1-15-8-9-17-18-12-13-22(14-16-6-4-3-5-7-16)20(18)11-10-19(17)21(15)23-2/h3-9,18-19H,10-13H2,1-2H3;3-9,18,20H,10-14H2,1-2H3/t18?,19-;18?,20-/m00/s1. The number of carbonyl (C=O) groups is 1. The highest BCUT2D eigenvalue weighted by atomic mass is 16.5. The van der Waals surface area contributed by atoms with Crippen molar-refractivity contribution in [2.45, 2.75) is 89.4 Å². The Morgan fingerprint density at radius 2 is 1.17 bits per heavy atom. The number of fused-ring (bicyclic) bond motifs is 6. The second-order valence-corrected chi connectivity index (χ2v) is 13.8. The molecule has 1 amide bonds. The molecule has 0 bridgehead atoms. The van der Waals surface area contributed by atoms with Crippen molar-refractivity contribution in [3.05, 3.63) is 129 Å². The molecule has 5 heteroatoms. The number of hydrogen-bond donors (Lipinski definition) is 0. The van der Waals surface area contributed by atoms with Crippen LogP contribution in [-0.2, 0) is 30.7 Å². The highest BCUT2D eigenvalue weighted by molar-refractivity contribution is 5.81. The van der Waals surface area contributed by atoms with E-state index >= 15 is 0 Å². The van der Waals surface area contributed by atoms with Crippen molar-refractivity contribution in [1.82, 2.24) is 9.80 Å². The number of rotatable bonds is 6. The number of benzene rings is 4. The van der Waals surface area contributed by atoms with Crippen molar-refractivity contribution in [3.63, 3.8) is 0 Å². The molecule has 2 saturated heterocycles. The van der Waals surface area contributed by atoms with Crippen LogP contribution in [0.4, 0.5) is 0 Å². The van der Waals surface area contributed by atoms with E-state index in [0.29, 0.717) is 30.3 Å². The average Bonchev–Trinajstić information content (AvgIpc) is 3.65. The maximum Gasteiger partial charge on any atom is 0.223 e. The van der Waals surface area contributed by atoms with Gasteiger partial charge in [0.15, 0.2) is 0 Å². The Hall–Kier alpha value is -4.09. The van der Waals surface area contributed by atoms with Gasteiger partial charge in [-0.25, -0.2) is 0 Å². The Labute approximate surface area is 280 Å². The monoisotopic (exact) mass is 628 g/mol. The molecule has 244 valence electrons. The van der Waals surface area contributed by atoms with E-state index in [4.69, 9.17) is 9.47 Å². The number of ether oxygens (including phenoxy) is 2. The van der Waals surface area contributed by atoms with Gasteiger partial charge in [0.1, 0.15) is 11.5 Å². The van der Waals surface area contributed by atoms with Crippen LogP contribution in [0.2, 0.25) is 0 Å². The minimum absolute atomic E-state index is 0.279. The van der Waals surface area contributed by atoms with Gasteiger partial charge in [-0.15, -0.1) is 0 Å². The molecule has 0 spiro atoms. The molecule has 2 fully saturated rings. The van der Waals surface area contributed by atoms with E-state index in [0.717, 1.165) is 43.9 Å². The van der Waals surface area contributed by atoms with Crippen molar-refractivity contribution in [2.24, 2.45) is 0 Å². The highest BCUT2D eigenvalue weighted by Crippen LogP contribution is 2.47. The molecule has 2 unspecified atom stereocenters. The molecule has 4 aromatic carbocycles. The first-order chi connectivity index (χ1) is 23.0. The maximum atomic E-state index is 12.7. The topological polar surface area (TPSA) is 42.0 Å². The molecule has 0 radical (unpaired) electrons. The molecule has 5 nitrogen and oxygen atoms in total.